The number of aliphatic hydroxyl groups excluding tert-OH is 1. The standard InChI is InChI=1S/C26H21F2NO2/c27-20-12-8-17(9-13-20)16-24(25(30)19-10-14-21(28)15-11-19)29-26(31)23-7-3-5-18-4-1-2-6-22(18)23/h1-15,24-25,30H,16H2,(H,29,31). The molecule has 0 saturated heterocycles. The summed E-state index contributed by atoms with van der Waals surface area (Å²) >= 11 is 0. The van der Waals surface area contributed by atoms with Gasteiger partial charge in [-0.25, -0.2) is 8.78 Å². The highest BCUT2D eigenvalue weighted by molar-refractivity contribution is 6.07. The Bertz CT molecular complexity index is 1180. The maximum absolute atomic E-state index is 13.3. The predicted octanol–water partition coefficient (Wildman–Crippen LogP) is 5.19. The van der Waals surface area contributed by atoms with Gasteiger partial charge in [-0.2, -0.15) is 0 Å². The normalized spacial score (nSPS) is 13.0. The summed E-state index contributed by atoms with van der Waals surface area (Å²) in [6.45, 7) is 0. The Morgan fingerprint density at radius 2 is 1.42 bits per heavy atom. The first-order valence-corrected chi connectivity index (χ1v) is 9.98. The molecule has 0 heterocycles. The fourth-order valence-corrected chi connectivity index (χ4v) is 3.68. The fraction of sp³-hybridized carbons (Fsp3) is 0.115. The predicted molar refractivity (Wildman–Crippen MR) is 117 cm³/mol. The summed E-state index contributed by atoms with van der Waals surface area (Å²) in [6, 6.07) is 23.7. The van der Waals surface area contributed by atoms with Gasteiger partial charge in [0.1, 0.15) is 11.6 Å². The van der Waals surface area contributed by atoms with E-state index in [4.69, 9.17) is 0 Å². The van der Waals surface area contributed by atoms with Crippen LogP contribution in [0, 0.1) is 11.6 Å². The van der Waals surface area contributed by atoms with Gasteiger partial charge < -0.3 is 10.4 Å². The number of hydrogen-bond donors (Lipinski definition) is 2. The number of aliphatic hydroxyl groups is 1. The molecule has 2 N–H and O–H groups in total. The Hall–Kier alpha value is -3.57. The number of carbonyl (C=O) groups is 1. The Morgan fingerprint density at radius 3 is 2.13 bits per heavy atom. The van der Waals surface area contributed by atoms with Crippen LogP contribution in [0.15, 0.2) is 91.0 Å². The number of fused-ring (bicyclic) bond motifs is 1. The second-order valence-corrected chi connectivity index (χ2v) is 7.43. The third-order valence-corrected chi connectivity index (χ3v) is 5.31. The van der Waals surface area contributed by atoms with E-state index in [-0.39, 0.29) is 18.1 Å². The molecule has 0 radical (unpaired) electrons. The van der Waals surface area contributed by atoms with Crippen LogP contribution in [0.25, 0.3) is 10.8 Å². The maximum atomic E-state index is 13.3. The molecule has 5 heteroatoms. The van der Waals surface area contributed by atoms with E-state index in [1.54, 1.807) is 18.2 Å². The van der Waals surface area contributed by atoms with Crippen LogP contribution in [-0.4, -0.2) is 17.1 Å². The van der Waals surface area contributed by atoms with E-state index in [1.165, 1.54) is 36.4 Å². The molecule has 31 heavy (non-hydrogen) atoms. The highest BCUT2D eigenvalue weighted by atomic mass is 19.1. The topological polar surface area (TPSA) is 49.3 Å². The zero-order valence-electron chi connectivity index (χ0n) is 16.6. The first-order valence-electron chi connectivity index (χ1n) is 9.98. The van der Waals surface area contributed by atoms with Gasteiger partial charge in [-0.15, -0.1) is 0 Å². The van der Waals surface area contributed by atoms with Crippen molar-refractivity contribution in [1.82, 2.24) is 5.32 Å². The number of halogens is 2. The smallest absolute Gasteiger partial charge is 0.252 e. The third-order valence-electron chi connectivity index (χ3n) is 5.31. The minimum Gasteiger partial charge on any atom is -0.386 e. The lowest BCUT2D eigenvalue weighted by Crippen LogP contribution is -2.41. The Labute approximate surface area is 179 Å². The molecule has 0 bridgehead atoms. The number of hydrogen-bond acceptors (Lipinski definition) is 2. The number of carbonyl (C=O) groups excluding carboxylic acids is 1. The van der Waals surface area contributed by atoms with Crippen molar-refractivity contribution in [2.24, 2.45) is 0 Å². The van der Waals surface area contributed by atoms with E-state index in [9.17, 15) is 18.7 Å². The first kappa shape index (κ1) is 20.7. The SMILES string of the molecule is O=C(NC(Cc1ccc(F)cc1)C(O)c1ccc(F)cc1)c1cccc2ccccc12. The summed E-state index contributed by atoms with van der Waals surface area (Å²) in [6.07, 6.45) is -0.806. The van der Waals surface area contributed by atoms with Gasteiger partial charge >= 0.3 is 0 Å². The second-order valence-electron chi connectivity index (χ2n) is 7.43. The largest absolute Gasteiger partial charge is 0.386 e. The van der Waals surface area contributed by atoms with E-state index in [0.717, 1.165) is 16.3 Å². The summed E-state index contributed by atoms with van der Waals surface area (Å²) in [5.74, 6) is -1.10. The highest BCUT2D eigenvalue weighted by Gasteiger charge is 2.24. The van der Waals surface area contributed by atoms with Crippen molar-refractivity contribution in [3.63, 3.8) is 0 Å². The van der Waals surface area contributed by atoms with Gasteiger partial charge in [0.2, 0.25) is 0 Å². The lowest BCUT2D eigenvalue weighted by molar-refractivity contribution is 0.0833. The summed E-state index contributed by atoms with van der Waals surface area (Å²) in [5, 5.41) is 15.6. The highest BCUT2D eigenvalue weighted by Crippen LogP contribution is 2.23. The number of rotatable bonds is 6. The van der Waals surface area contributed by atoms with E-state index in [2.05, 4.69) is 5.32 Å². The second kappa shape index (κ2) is 9.06. The van der Waals surface area contributed by atoms with Crippen molar-refractivity contribution in [2.45, 2.75) is 18.6 Å². The van der Waals surface area contributed by atoms with E-state index in [1.807, 2.05) is 36.4 Å². The van der Waals surface area contributed by atoms with Crippen molar-refractivity contribution in [1.29, 1.82) is 0 Å². The molecule has 4 aromatic rings. The van der Waals surface area contributed by atoms with Crippen LogP contribution in [-0.2, 0) is 6.42 Å². The summed E-state index contributed by atoms with van der Waals surface area (Å²) in [5.41, 5.74) is 1.73. The van der Waals surface area contributed by atoms with Crippen LogP contribution >= 0.6 is 0 Å². The van der Waals surface area contributed by atoms with Crippen LogP contribution in [0.1, 0.15) is 27.6 Å². The molecule has 0 aliphatic rings. The molecule has 4 aromatic carbocycles. The quantitative estimate of drug-likeness (QED) is 0.453. The summed E-state index contributed by atoms with van der Waals surface area (Å²) < 4.78 is 26.6. The van der Waals surface area contributed by atoms with Crippen LogP contribution in [0.4, 0.5) is 8.78 Å². The molecule has 1 amide bonds. The average Bonchev–Trinajstić information content (AvgIpc) is 2.79. The van der Waals surface area contributed by atoms with Gasteiger partial charge in [0.25, 0.3) is 5.91 Å². The monoisotopic (exact) mass is 417 g/mol. The third kappa shape index (κ3) is 4.78. The van der Waals surface area contributed by atoms with Crippen molar-refractivity contribution >= 4 is 16.7 Å². The molecule has 0 aliphatic carbocycles. The van der Waals surface area contributed by atoms with Gasteiger partial charge in [-0.1, -0.05) is 60.7 Å². The van der Waals surface area contributed by atoms with Gasteiger partial charge in [0.05, 0.1) is 12.1 Å². The molecule has 4 rings (SSSR count). The number of benzene rings is 4. The van der Waals surface area contributed by atoms with Gasteiger partial charge in [-0.3, -0.25) is 4.79 Å². The fourth-order valence-electron chi connectivity index (χ4n) is 3.68. The van der Waals surface area contributed by atoms with Crippen molar-refractivity contribution in [3.05, 3.63) is 119 Å². The van der Waals surface area contributed by atoms with Gasteiger partial charge in [0, 0.05) is 5.56 Å². The van der Waals surface area contributed by atoms with Gasteiger partial charge in [-0.05, 0) is 58.7 Å². The summed E-state index contributed by atoms with van der Waals surface area (Å²) in [4.78, 5) is 13.2. The van der Waals surface area contributed by atoms with Crippen molar-refractivity contribution in [3.8, 4) is 0 Å². The van der Waals surface area contributed by atoms with Crippen LogP contribution < -0.4 is 5.32 Å². The zero-order chi connectivity index (χ0) is 21.8. The maximum Gasteiger partial charge on any atom is 0.252 e. The molecule has 0 fully saturated rings. The molecule has 2 unspecified atom stereocenters. The number of nitrogens with one attached hydrogen (secondary N) is 1. The molecule has 0 aromatic heterocycles. The Kier molecular flexibility index (Phi) is 6.05. The Morgan fingerprint density at radius 1 is 0.806 bits per heavy atom. The van der Waals surface area contributed by atoms with Gasteiger partial charge in [0.15, 0.2) is 0 Å². The molecule has 0 aliphatic heterocycles. The van der Waals surface area contributed by atoms with Crippen LogP contribution in [0.2, 0.25) is 0 Å². The number of amides is 1. The van der Waals surface area contributed by atoms with E-state index >= 15 is 0 Å². The van der Waals surface area contributed by atoms with E-state index < -0.39 is 18.0 Å². The molecule has 0 spiro atoms. The molecule has 0 saturated carbocycles. The van der Waals surface area contributed by atoms with Crippen molar-refractivity contribution < 1.29 is 18.7 Å². The molecule has 2 atom stereocenters. The molecular weight excluding hydrogens is 396 g/mol. The minimum absolute atomic E-state index is 0.273. The molecule has 3 nitrogen and oxygen atoms in total. The zero-order valence-corrected chi connectivity index (χ0v) is 16.6. The Balaban J connectivity index is 1.65. The first-order chi connectivity index (χ1) is 15.0. The minimum atomic E-state index is -1.08. The summed E-state index contributed by atoms with van der Waals surface area (Å²) in [7, 11) is 0. The molecule has 156 valence electrons. The lowest BCUT2D eigenvalue weighted by Gasteiger charge is -2.25. The van der Waals surface area contributed by atoms with E-state index in [0.29, 0.717) is 11.1 Å². The average molecular weight is 417 g/mol. The lowest BCUT2D eigenvalue weighted by atomic mass is 9.95. The van der Waals surface area contributed by atoms with Crippen LogP contribution in [0.5, 0.6) is 0 Å². The molecular formula is C26H21F2NO2. The van der Waals surface area contributed by atoms with Crippen LogP contribution in [0.3, 0.4) is 0 Å². The van der Waals surface area contributed by atoms with Crippen molar-refractivity contribution in [2.75, 3.05) is 0 Å².